The molecule has 0 aliphatic heterocycles. The molecule has 0 saturated heterocycles. The van der Waals surface area contributed by atoms with Gasteiger partial charge in [-0.2, -0.15) is 0 Å². The van der Waals surface area contributed by atoms with Gasteiger partial charge in [-0.3, -0.25) is 0 Å². The molecule has 0 amide bonds. The summed E-state index contributed by atoms with van der Waals surface area (Å²) in [6, 6.07) is 0. The second kappa shape index (κ2) is 15.8. The van der Waals surface area contributed by atoms with E-state index in [0.717, 1.165) is 15.2 Å². The molecule has 0 aromatic rings. The Bertz CT molecular complexity index is 19.2. The van der Waals surface area contributed by atoms with Gasteiger partial charge in [-0.15, -0.1) is 0 Å². The third kappa shape index (κ3) is 19.6. The van der Waals surface area contributed by atoms with Crippen molar-refractivity contribution < 1.29 is 4.89 Å². The van der Waals surface area contributed by atoms with E-state index in [-0.39, 0.29) is 0 Å². The van der Waals surface area contributed by atoms with Crippen molar-refractivity contribution in [1.29, 1.82) is 0 Å². The van der Waals surface area contributed by atoms with E-state index in [4.69, 9.17) is 4.89 Å². The van der Waals surface area contributed by atoms with E-state index in [1.807, 2.05) is 0 Å². The average Bonchev–Trinajstić information content (AvgIpc) is 1.75. The molecule has 1 nitrogen and oxygen atoms in total. The van der Waals surface area contributed by atoms with Crippen LogP contribution in [-0.4, -0.2) is 15.2 Å². The minimum Gasteiger partial charge on any atom is -0.834 e. The molecule has 0 N–H and O–H groups in total. The zero-order chi connectivity index (χ0) is 6.12. The number of hydrogen-bond donors (Lipinski definition) is 0. The van der Waals surface area contributed by atoms with Crippen LogP contribution in [0.4, 0.5) is 0 Å². The maximum absolute atomic E-state index is 8.17. The van der Waals surface area contributed by atoms with Crippen LogP contribution < -0.4 is 4.89 Å². The molecule has 1 atom stereocenters. The van der Waals surface area contributed by atoms with Gasteiger partial charge in [0.15, 0.2) is 0 Å². The van der Waals surface area contributed by atoms with Crippen molar-refractivity contribution in [2.24, 2.45) is 0 Å². The van der Waals surface area contributed by atoms with Crippen LogP contribution >= 0.6 is 9.47 Å². The molecule has 0 aliphatic rings. The van der Waals surface area contributed by atoms with Crippen LogP contribution in [0.1, 0.15) is 13.8 Å². The van der Waals surface area contributed by atoms with E-state index in [9.17, 15) is 0 Å². The van der Waals surface area contributed by atoms with Crippen LogP contribution in [0, 0.1) is 0 Å². The molecule has 0 radical (unpaired) electrons. The summed E-state index contributed by atoms with van der Waals surface area (Å²) < 4.78 is 0. The zero-order valence-corrected chi connectivity index (χ0v) is 7.29. The quantitative estimate of drug-likeness (QED) is 0.402. The van der Waals surface area contributed by atoms with Gasteiger partial charge in [0.2, 0.25) is 0 Å². The first kappa shape index (κ1) is 10.8. The smallest absolute Gasteiger partial charge is 0.239 e. The van der Waals surface area contributed by atoms with Gasteiger partial charge in [-0.1, -0.05) is 0 Å². The Balaban J connectivity index is 0. The molecule has 3 heteroatoms. The normalized spacial score (nSPS) is 5.71. The Morgan fingerprint density at radius 1 is 1.29 bits per heavy atom. The molecule has 0 heterocycles. The van der Waals surface area contributed by atoms with E-state index < -0.39 is 0 Å². The summed E-state index contributed by atoms with van der Waals surface area (Å²) in [7, 11) is 1.17. The fourth-order valence-corrected chi connectivity index (χ4v) is 0.866. The van der Waals surface area contributed by atoms with Crippen molar-refractivity contribution >= 4 is 24.7 Å². The van der Waals surface area contributed by atoms with Gasteiger partial charge in [0.1, 0.15) is 0 Å². The van der Waals surface area contributed by atoms with Crippen molar-refractivity contribution in [3.63, 3.8) is 0 Å². The Kier molecular flexibility index (Phi) is 24.4. The molecule has 0 aromatic carbocycles. The Hall–Kier alpha value is 0.922. The molecule has 0 aromatic heterocycles. The van der Waals surface area contributed by atoms with E-state index in [2.05, 4.69) is 13.8 Å². The largest absolute Gasteiger partial charge is 0.834 e. The van der Waals surface area contributed by atoms with Crippen LogP contribution in [0.15, 0.2) is 0 Å². The van der Waals surface area contributed by atoms with Crippen LogP contribution in [0.5, 0.6) is 0 Å². The first-order valence-electron chi connectivity index (χ1n) is 2.47. The molecule has 0 bridgehead atoms. The van der Waals surface area contributed by atoms with Gasteiger partial charge in [-0.05, 0) is 0 Å². The summed E-state index contributed by atoms with van der Waals surface area (Å²) in [6.45, 7) is 4.50. The third-order valence-electron chi connectivity index (χ3n) is 0.577. The van der Waals surface area contributed by atoms with E-state index in [1.54, 1.807) is 0 Å². The van der Waals surface area contributed by atoms with Gasteiger partial charge >= 0.3 is 39.6 Å². The van der Waals surface area contributed by atoms with Gasteiger partial charge in [0.05, 0.1) is 0 Å². The summed E-state index contributed by atoms with van der Waals surface area (Å²) in [5.74, 6) is 0. The van der Waals surface area contributed by atoms with E-state index >= 15 is 0 Å². The van der Waals surface area contributed by atoms with Crippen molar-refractivity contribution in [2.75, 3.05) is 0 Å². The summed E-state index contributed by atoms with van der Waals surface area (Å²) in [4.78, 5) is 8.17. The summed E-state index contributed by atoms with van der Waals surface area (Å²) in [5, 5.41) is 2.85. The second-order valence-electron chi connectivity index (χ2n) is 1.11. The fraction of sp³-hybridized carbons (Fsp3) is 1.00. The van der Waals surface area contributed by atoms with Crippen LogP contribution in [0.3, 0.4) is 0 Å². The molecule has 0 saturated carbocycles. The van der Waals surface area contributed by atoms with Crippen LogP contribution in [-0.2, 0) is 0 Å². The van der Waals surface area contributed by atoms with Gasteiger partial charge in [0, 0.05) is 0 Å². The average molecular weight is 134 g/mol. The van der Waals surface area contributed by atoms with E-state index in [0.29, 0.717) is 0 Å². The van der Waals surface area contributed by atoms with Crippen molar-refractivity contribution in [1.82, 2.24) is 0 Å². The molecule has 1 unspecified atom stereocenters. The summed E-state index contributed by atoms with van der Waals surface area (Å²) in [6.07, 6.45) is 0. The Labute approximate surface area is 54.5 Å². The van der Waals surface area contributed by atoms with Crippen molar-refractivity contribution in [3.8, 4) is 0 Å². The predicted octanol–water partition coefficient (Wildman–Crippen LogP) is 0.704. The first-order valence-corrected chi connectivity index (χ1v) is 4.57. The molecule has 0 rings (SSSR count). The monoisotopic (exact) mass is 134 g/mol. The van der Waals surface area contributed by atoms with E-state index in [1.165, 1.54) is 20.0 Å². The molecule has 7 heavy (non-hydrogen) atoms. The molecular weight excluding hydrogens is 122 g/mol. The molecule has 0 aliphatic carbocycles. The SMILES string of the molecule is C[CH2][Al+][CH2]C.[O-]P. The van der Waals surface area contributed by atoms with Crippen molar-refractivity contribution in [2.45, 2.75) is 24.4 Å². The molecule has 0 spiro atoms. The summed E-state index contributed by atoms with van der Waals surface area (Å²) in [5.41, 5.74) is 0. The van der Waals surface area contributed by atoms with Crippen molar-refractivity contribution in [3.05, 3.63) is 0 Å². The Morgan fingerprint density at radius 3 is 1.57 bits per heavy atom. The topological polar surface area (TPSA) is 23.1 Å². The van der Waals surface area contributed by atoms with Crippen LogP contribution in [0.25, 0.3) is 0 Å². The maximum Gasteiger partial charge on any atom is -0.239 e. The Morgan fingerprint density at radius 2 is 1.57 bits per heavy atom. The fourth-order valence-electron chi connectivity index (χ4n) is 0.289. The minimum absolute atomic E-state index is 0.815. The summed E-state index contributed by atoms with van der Waals surface area (Å²) >= 11 is 0.815. The minimum atomic E-state index is 0.815. The maximum atomic E-state index is 8.17. The third-order valence-corrected chi connectivity index (χ3v) is 1.73. The molecule has 42 valence electrons. The van der Waals surface area contributed by atoms with Gasteiger partial charge < -0.3 is 4.89 Å². The predicted molar refractivity (Wildman–Crippen MR) is 36.4 cm³/mol. The number of rotatable bonds is 2. The molecular formula is C4H12AlOP. The zero-order valence-electron chi connectivity index (χ0n) is 4.98. The standard InChI is InChI=1S/2C2H5.Al.H2OP/c2*1-2;;1-2/h2*1H2,2H3;;2H2/q;;+1;-1. The second-order valence-corrected chi connectivity index (χ2v) is 3.32. The van der Waals surface area contributed by atoms with Crippen LogP contribution in [0.2, 0.25) is 10.6 Å². The van der Waals surface area contributed by atoms with Gasteiger partial charge in [-0.25, -0.2) is 9.47 Å². The molecule has 0 fully saturated rings. The number of hydrogen-bond acceptors (Lipinski definition) is 1. The van der Waals surface area contributed by atoms with Gasteiger partial charge in [0.25, 0.3) is 0 Å². The first-order chi connectivity index (χ1) is 3.41.